The maximum absolute atomic E-state index is 4.25. The fraction of sp³-hybridized carbons (Fsp3) is 0.471. The molecule has 1 aromatic heterocycles. The first kappa shape index (κ1) is 14.1. The van der Waals surface area contributed by atoms with E-state index in [-0.39, 0.29) is 0 Å². The zero-order chi connectivity index (χ0) is 14.5. The Kier molecular flexibility index (Phi) is 4.55. The molecule has 0 radical (unpaired) electrons. The van der Waals surface area contributed by atoms with Crippen LogP contribution in [0.1, 0.15) is 18.9 Å². The van der Waals surface area contributed by atoms with Gasteiger partial charge >= 0.3 is 0 Å². The van der Waals surface area contributed by atoms with Crippen molar-refractivity contribution >= 4 is 5.69 Å². The van der Waals surface area contributed by atoms with E-state index in [4.69, 9.17) is 0 Å². The molecule has 1 aliphatic rings. The van der Waals surface area contributed by atoms with Crippen LogP contribution >= 0.6 is 0 Å². The molecule has 1 atom stereocenters. The number of aryl methyl sites for hydroxylation is 1. The Bertz CT molecular complexity index is 550. The van der Waals surface area contributed by atoms with E-state index in [1.807, 2.05) is 23.1 Å². The number of nitrogens with zero attached hydrogens (tertiary/aromatic N) is 3. The maximum atomic E-state index is 4.25. The highest BCUT2D eigenvalue weighted by molar-refractivity contribution is 5.55. The molecule has 1 unspecified atom stereocenters. The van der Waals surface area contributed by atoms with Crippen LogP contribution in [0.15, 0.2) is 42.7 Å². The molecule has 1 aromatic carbocycles. The number of fused-ring (bicyclic) bond motifs is 1. The van der Waals surface area contributed by atoms with Crippen molar-refractivity contribution in [2.24, 2.45) is 0 Å². The summed E-state index contributed by atoms with van der Waals surface area (Å²) in [6, 6.07) is 11.2. The predicted molar refractivity (Wildman–Crippen MR) is 86.7 cm³/mol. The molecule has 1 N–H and O–H groups in total. The number of rotatable bonds is 6. The molecule has 4 nitrogen and oxygen atoms in total. The monoisotopic (exact) mass is 284 g/mol. The van der Waals surface area contributed by atoms with Crippen molar-refractivity contribution in [3.8, 4) is 0 Å². The van der Waals surface area contributed by atoms with Gasteiger partial charge in [0.1, 0.15) is 0 Å². The molecule has 0 amide bonds. The van der Waals surface area contributed by atoms with Gasteiger partial charge in [-0.25, -0.2) is 0 Å². The Balaban J connectivity index is 1.48. The molecule has 0 bridgehead atoms. The van der Waals surface area contributed by atoms with Crippen LogP contribution < -0.4 is 10.2 Å². The average Bonchev–Trinajstić information content (AvgIpc) is 3.00. The molecule has 0 saturated heterocycles. The minimum Gasteiger partial charge on any atom is -0.370 e. The third kappa shape index (κ3) is 3.64. The summed E-state index contributed by atoms with van der Waals surface area (Å²) >= 11 is 0. The van der Waals surface area contributed by atoms with E-state index in [2.05, 4.69) is 46.5 Å². The van der Waals surface area contributed by atoms with Gasteiger partial charge in [-0.1, -0.05) is 18.2 Å². The van der Waals surface area contributed by atoms with Crippen molar-refractivity contribution in [2.45, 2.75) is 32.4 Å². The highest BCUT2D eigenvalue weighted by atomic mass is 15.3. The zero-order valence-electron chi connectivity index (χ0n) is 12.7. The topological polar surface area (TPSA) is 33.1 Å². The lowest BCUT2D eigenvalue weighted by atomic mass is 10.0. The largest absolute Gasteiger partial charge is 0.370 e. The van der Waals surface area contributed by atoms with E-state index in [0.717, 1.165) is 19.6 Å². The molecule has 21 heavy (non-hydrogen) atoms. The van der Waals surface area contributed by atoms with E-state index in [0.29, 0.717) is 6.04 Å². The van der Waals surface area contributed by atoms with Gasteiger partial charge in [0.2, 0.25) is 0 Å². The second-order valence-corrected chi connectivity index (χ2v) is 5.80. The third-order valence-electron chi connectivity index (χ3n) is 4.10. The SMILES string of the molecule is CC(Cn1cccn1)NCCN1CCCc2ccccc21. The normalized spacial score (nSPS) is 15.8. The molecule has 0 spiro atoms. The molecular formula is C17H24N4. The van der Waals surface area contributed by atoms with Gasteiger partial charge in [0.25, 0.3) is 0 Å². The van der Waals surface area contributed by atoms with Gasteiger partial charge in [0, 0.05) is 43.8 Å². The minimum absolute atomic E-state index is 0.435. The van der Waals surface area contributed by atoms with Crippen molar-refractivity contribution in [2.75, 3.05) is 24.5 Å². The van der Waals surface area contributed by atoms with Gasteiger partial charge in [0.05, 0.1) is 6.54 Å². The third-order valence-corrected chi connectivity index (χ3v) is 4.10. The summed E-state index contributed by atoms with van der Waals surface area (Å²) < 4.78 is 1.98. The first-order chi connectivity index (χ1) is 10.3. The molecular weight excluding hydrogens is 260 g/mol. The number of anilines is 1. The van der Waals surface area contributed by atoms with Crippen LogP contribution in [0.2, 0.25) is 0 Å². The Morgan fingerprint density at radius 3 is 3.05 bits per heavy atom. The molecule has 3 rings (SSSR count). The summed E-state index contributed by atoms with van der Waals surface area (Å²) in [6.07, 6.45) is 6.33. The van der Waals surface area contributed by atoms with Gasteiger partial charge in [-0.15, -0.1) is 0 Å². The van der Waals surface area contributed by atoms with E-state index in [1.165, 1.54) is 30.6 Å². The second kappa shape index (κ2) is 6.76. The van der Waals surface area contributed by atoms with Crippen molar-refractivity contribution in [1.29, 1.82) is 0 Å². The maximum Gasteiger partial charge on any atom is 0.0559 e. The Morgan fingerprint density at radius 2 is 2.19 bits per heavy atom. The molecule has 2 heterocycles. The number of benzene rings is 1. The van der Waals surface area contributed by atoms with Gasteiger partial charge < -0.3 is 10.2 Å². The molecule has 112 valence electrons. The molecule has 0 saturated carbocycles. The van der Waals surface area contributed by atoms with Crippen LogP contribution in [0.5, 0.6) is 0 Å². The van der Waals surface area contributed by atoms with E-state index in [1.54, 1.807) is 0 Å². The standard InChI is InChI=1S/C17H24N4/c1-15(14-21-12-5-9-19-21)18-10-13-20-11-4-7-16-6-2-3-8-17(16)20/h2-3,5-6,8-9,12,15,18H,4,7,10-11,13-14H2,1H3. The van der Waals surface area contributed by atoms with Crippen molar-refractivity contribution in [1.82, 2.24) is 15.1 Å². The molecule has 0 fully saturated rings. The quantitative estimate of drug-likeness (QED) is 0.883. The second-order valence-electron chi connectivity index (χ2n) is 5.80. The summed E-state index contributed by atoms with van der Waals surface area (Å²) in [6.45, 7) is 6.39. The first-order valence-electron chi connectivity index (χ1n) is 7.86. The highest BCUT2D eigenvalue weighted by Crippen LogP contribution is 2.25. The lowest BCUT2D eigenvalue weighted by Crippen LogP contribution is -2.39. The van der Waals surface area contributed by atoms with Gasteiger partial charge in [-0.3, -0.25) is 4.68 Å². The number of para-hydroxylation sites is 1. The van der Waals surface area contributed by atoms with Crippen molar-refractivity contribution < 1.29 is 0 Å². The summed E-state index contributed by atoms with van der Waals surface area (Å²) in [4.78, 5) is 2.51. The van der Waals surface area contributed by atoms with E-state index in [9.17, 15) is 0 Å². The summed E-state index contributed by atoms with van der Waals surface area (Å²) in [5.74, 6) is 0. The summed E-state index contributed by atoms with van der Waals surface area (Å²) in [5, 5.41) is 7.85. The van der Waals surface area contributed by atoms with Crippen LogP contribution in [0.25, 0.3) is 0 Å². The van der Waals surface area contributed by atoms with Crippen molar-refractivity contribution in [3.05, 3.63) is 48.3 Å². The van der Waals surface area contributed by atoms with Crippen LogP contribution in [0.4, 0.5) is 5.69 Å². The van der Waals surface area contributed by atoms with Gasteiger partial charge in [0.15, 0.2) is 0 Å². The Morgan fingerprint density at radius 1 is 1.29 bits per heavy atom. The fourth-order valence-corrected chi connectivity index (χ4v) is 3.04. The van der Waals surface area contributed by atoms with Crippen LogP contribution in [0.3, 0.4) is 0 Å². The van der Waals surface area contributed by atoms with Crippen LogP contribution in [-0.4, -0.2) is 35.5 Å². The van der Waals surface area contributed by atoms with Gasteiger partial charge in [-0.2, -0.15) is 5.10 Å². The number of aromatic nitrogens is 2. The highest BCUT2D eigenvalue weighted by Gasteiger charge is 2.15. The Hall–Kier alpha value is -1.81. The lowest BCUT2D eigenvalue weighted by molar-refractivity contribution is 0.452. The molecule has 0 aliphatic carbocycles. The zero-order valence-corrected chi connectivity index (χ0v) is 12.7. The fourth-order valence-electron chi connectivity index (χ4n) is 3.04. The predicted octanol–water partition coefficient (Wildman–Crippen LogP) is 2.31. The smallest absolute Gasteiger partial charge is 0.0559 e. The molecule has 4 heteroatoms. The van der Waals surface area contributed by atoms with Crippen LogP contribution in [0, 0.1) is 0 Å². The van der Waals surface area contributed by atoms with Gasteiger partial charge in [-0.05, 0) is 37.5 Å². The summed E-state index contributed by atoms with van der Waals surface area (Å²) in [5.41, 5.74) is 2.92. The number of nitrogens with one attached hydrogen (secondary N) is 1. The van der Waals surface area contributed by atoms with Crippen molar-refractivity contribution in [3.63, 3.8) is 0 Å². The number of hydrogen-bond acceptors (Lipinski definition) is 3. The first-order valence-corrected chi connectivity index (χ1v) is 7.86. The summed E-state index contributed by atoms with van der Waals surface area (Å²) in [7, 11) is 0. The Labute approximate surface area is 126 Å². The van der Waals surface area contributed by atoms with E-state index >= 15 is 0 Å². The number of hydrogen-bond donors (Lipinski definition) is 1. The lowest BCUT2D eigenvalue weighted by Gasteiger charge is -2.31. The average molecular weight is 284 g/mol. The molecule has 1 aliphatic heterocycles. The van der Waals surface area contributed by atoms with Crippen LogP contribution in [-0.2, 0) is 13.0 Å². The van der Waals surface area contributed by atoms with E-state index < -0.39 is 0 Å². The molecule has 2 aromatic rings. The minimum atomic E-state index is 0.435.